The fraction of sp³-hybridized carbons (Fsp3) is 0.556. The van der Waals surface area contributed by atoms with Crippen molar-refractivity contribution in [2.24, 2.45) is 0 Å². The van der Waals surface area contributed by atoms with Gasteiger partial charge in [0.1, 0.15) is 21.9 Å². The third kappa shape index (κ3) is 2.47. The van der Waals surface area contributed by atoms with Gasteiger partial charge in [0.15, 0.2) is 9.84 Å². The molecule has 0 amide bonds. The number of sulfone groups is 1. The van der Waals surface area contributed by atoms with Crippen molar-refractivity contribution in [2.45, 2.75) is 48.8 Å². The predicted molar refractivity (Wildman–Crippen MR) is 93.7 cm³/mol. The molecule has 1 aromatic rings. The lowest BCUT2D eigenvalue weighted by atomic mass is 9.81. The molecule has 2 saturated heterocycles. The van der Waals surface area contributed by atoms with E-state index in [4.69, 9.17) is 9.47 Å². The molecule has 3 atom stereocenters. The van der Waals surface area contributed by atoms with Crippen LogP contribution in [0.15, 0.2) is 30.5 Å². The number of benzene rings is 1. The van der Waals surface area contributed by atoms with Gasteiger partial charge in [0.25, 0.3) is 0 Å². The maximum atomic E-state index is 14.7. The molecule has 0 radical (unpaired) electrons. The third-order valence-corrected chi connectivity index (χ3v) is 8.54. The van der Waals surface area contributed by atoms with Gasteiger partial charge in [-0.05, 0) is 45.4 Å². The molecule has 2 aliphatic rings. The van der Waals surface area contributed by atoms with Crippen molar-refractivity contribution in [1.29, 1.82) is 0 Å². The minimum absolute atomic E-state index is 0.0389. The maximum absolute atomic E-state index is 14.7. The lowest BCUT2D eigenvalue weighted by molar-refractivity contribution is -0.0314. The molecule has 0 aromatic heterocycles. The molecule has 3 rings (SSSR count). The minimum atomic E-state index is -3.64. The van der Waals surface area contributed by atoms with Crippen molar-refractivity contribution in [3.8, 4) is 5.75 Å². The fourth-order valence-electron chi connectivity index (χ4n) is 3.68. The summed E-state index contributed by atoms with van der Waals surface area (Å²) in [5.74, 6) is -0.0445. The van der Waals surface area contributed by atoms with Gasteiger partial charge in [-0.3, -0.25) is 0 Å². The molecule has 0 bridgehead atoms. The molecule has 5 nitrogen and oxygen atoms in total. The van der Waals surface area contributed by atoms with Gasteiger partial charge in [-0.15, -0.1) is 0 Å². The SMILES string of the molecule is C=C1N[C@@]2(c3cc(OC)ccc3F)CO[C@@H](C)C[C@H]2S(=O)(=O)C1(C)C. The van der Waals surface area contributed by atoms with Gasteiger partial charge in [0.05, 0.1) is 25.1 Å². The molecule has 2 fully saturated rings. The van der Waals surface area contributed by atoms with Gasteiger partial charge in [-0.25, -0.2) is 12.8 Å². The van der Waals surface area contributed by atoms with Crippen molar-refractivity contribution in [3.63, 3.8) is 0 Å². The number of nitrogens with one attached hydrogen (secondary N) is 1. The summed E-state index contributed by atoms with van der Waals surface area (Å²) in [7, 11) is -2.15. The van der Waals surface area contributed by atoms with E-state index >= 15 is 0 Å². The topological polar surface area (TPSA) is 64.6 Å². The molecule has 1 N–H and O–H groups in total. The summed E-state index contributed by atoms with van der Waals surface area (Å²) >= 11 is 0. The van der Waals surface area contributed by atoms with E-state index in [0.717, 1.165) is 0 Å². The van der Waals surface area contributed by atoms with Crippen molar-refractivity contribution >= 4 is 9.84 Å². The summed E-state index contributed by atoms with van der Waals surface area (Å²) in [6, 6.07) is 4.33. The molecule has 0 aliphatic carbocycles. The van der Waals surface area contributed by atoms with Crippen LogP contribution in [0, 0.1) is 5.82 Å². The van der Waals surface area contributed by atoms with Crippen LogP contribution in [-0.4, -0.2) is 38.2 Å². The van der Waals surface area contributed by atoms with Crippen LogP contribution in [-0.2, 0) is 20.1 Å². The smallest absolute Gasteiger partial charge is 0.166 e. The zero-order valence-corrected chi connectivity index (χ0v) is 15.7. The molecule has 2 heterocycles. The van der Waals surface area contributed by atoms with E-state index in [-0.39, 0.29) is 24.7 Å². The van der Waals surface area contributed by atoms with Gasteiger partial charge >= 0.3 is 0 Å². The molecule has 0 saturated carbocycles. The summed E-state index contributed by atoms with van der Waals surface area (Å²) in [5, 5.41) is 2.38. The third-order valence-electron chi connectivity index (χ3n) is 5.53. The number of fused-ring (bicyclic) bond motifs is 1. The first-order valence-electron chi connectivity index (χ1n) is 8.23. The number of ether oxygens (including phenoxy) is 2. The van der Waals surface area contributed by atoms with Gasteiger partial charge in [0, 0.05) is 11.3 Å². The highest BCUT2D eigenvalue weighted by Crippen LogP contribution is 2.48. The van der Waals surface area contributed by atoms with E-state index in [1.807, 2.05) is 6.92 Å². The highest BCUT2D eigenvalue weighted by atomic mass is 32.2. The first-order chi connectivity index (χ1) is 11.6. The van der Waals surface area contributed by atoms with Gasteiger partial charge in [-0.1, -0.05) is 6.58 Å². The van der Waals surface area contributed by atoms with Crippen LogP contribution >= 0.6 is 0 Å². The summed E-state index contributed by atoms with van der Waals surface area (Å²) in [6.07, 6.45) is 0.0495. The second-order valence-electron chi connectivity index (χ2n) is 7.32. The Morgan fingerprint density at radius 1 is 1.40 bits per heavy atom. The molecule has 0 spiro atoms. The average Bonchev–Trinajstić information content (AvgIpc) is 2.55. The zero-order valence-electron chi connectivity index (χ0n) is 14.9. The van der Waals surface area contributed by atoms with Crippen LogP contribution in [0.1, 0.15) is 32.8 Å². The summed E-state index contributed by atoms with van der Waals surface area (Å²) in [6.45, 7) is 9.04. The van der Waals surface area contributed by atoms with Gasteiger partial charge in [0.2, 0.25) is 0 Å². The van der Waals surface area contributed by atoms with Gasteiger partial charge < -0.3 is 14.8 Å². The van der Waals surface area contributed by atoms with Crippen LogP contribution in [0.5, 0.6) is 5.75 Å². The highest BCUT2D eigenvalue weighted by molar-refractivity contribution is 7.93. The van der Waals surface area contributed by atoms with E-state index in [1.54, 1.807) is 13.8 Å². The van der Waals surface area contributed by atoms with E-state index in [0.29, 0.717) is 11.4 Å². The Morgan fingerprint density at radius 2 is 2.08 bits per heavy atom. The Kier molecular flexibility index (Phi) is 4.15. The van der Waals surface area contributed by atoms with Crippen molar-refractivity contribution < 1.29 is 22.3 Å². The number of methoxy groups -OCH3 is 1. The van der Waals surface area contributed by atoms with Crippen LogP contribution in [0.2, 0.25) is 0 Å². The quantitative estimate of drug-likeness (QED) is 0.868. The van der Waals surface area contributed by atoms with Crippen molar-refractivity contribution in [3.05, 3.63) is 41.9 Å². The Morgan fingerprint density at radius 3 is 2.72 bits per heavy atom. The average molecular weight is 369 g/mol. The number of hydrogen-bond acceptors (Lipinski definition) is 5. The first-order valence-corrected chi connectivity index (χ1v) is 9.77. The van der Waals surface area contributed by atoms with Crippen molar-refractivity contribution in [1.82, 2.24) is 5.32 Å². The summed E-state index contributed by atoms with van der Waals surface area (Å²) in [4.78, 5) is 0. The molecule has 2 aliphatic heterocycles. The minimum Gasteiger partial charge on any atom is -0.497 e. The van der Waals surface area contributed by atoms with Gasteiger partial charge in [-0.2, -0.15) is 0 Å². The lowest BCUT2D eigenvalue weighted by Gasteiger charge is -2.54. The first kappa shape index (κ1) is 18.2. The number of hydrogen-bond donors (Lipinski definition) is 1. The highest BCUT2D eigenvalue weighted by Gasteiger charge is 2.61. The van der Waals surface area contributed by atoms with Crippen LogP contribution in [0.25, 0.3) is 0 Å². The van der Waals surface area contributed by atoms with Crippen LogP contribution in [0.4, 0.5) is 4.39 Å². The molecule has 25 heavy (non-hydrogen) atoms. The van der Waals surface area contributed by atoms with E-state index in [2.05, 4.69) is 11.9 Å². The molecule has 0 unspecified atom stereocenters. The normalized spacial score (nSPS) is 33.2. The second-order valence-corrected chi connectivity index (χ2v) is 10.0. The van der Waals surface area contributed by atoms with Crippen LogP contribution in [0.3, 0.4) is 0 Å². The molecular weight excluding hydrogens is 345 g/mol. The lowest BCUT2D eigenvalue weighted by Crippen LogP contribution is -2.69. The van der Waals surface area contributed by atoms with E-state index < -0.39 is 31.2 Å². The monoisotopic (exact) mass is 369 g/mol. The molecular formula is C18H24FNO4S. The van der Waals surface area contributed by atoms with Crippen LogP contribution < -0.4 is 10.1 Å². The fourth-order valence-corrected chi connectivity index (χ4v) is 6.10. The molecule has 138 valence electrons. The number of halogens is 1. The zero-order chi connectivity index (χ0) is 18.6. The Balaban J connectivity index is 2.26. The van der Waals surface area contributed by atoms with E-state index in [1.165, 1.54) is 25.3 Å². The molecule has 7 heteroatoms. The standard InChI is InChI=1S/C18H24FNO4S/c1-11-8-16-18(10-24-11,14-9-13(23-5)6-7-15(14)19)20-12(2)17(3,4)25(16,21)22/h6-7,9,11,16,20H,2,8,10H2,1,3-5H3/t11-,16+,18+/m0/s1. The van der Waals surface area contributed by atoms with Crippen molar-refractivity contribution in [2.75, 3.05) is 13.7 Å². The van der Waals surface area contributed by atoms with E-state index in [9.17, 15) is 12.8 Å². The Bertz CT molecular complexity index is 820. The summed E-state index contributed by atoms with van der Waals surface area (Å²) < 4.78 is 51.3. The Hall–Kier alpha value is -1.60. The maximum Gasteiger partial charge on any atom is 0.166 e. The largest absolute Gasteiger partial charge is 0.497 e. The second kappa shape index (κ2) is 5.71. The summed E-state index contributed by atoms with van der Waals surface area (Å²) in [5.41, 5.74) is -0.663. The Labute approximate surface area is 148 Å². The number of rotatable bonds is 2. The predicted octanol–water partition coefficient (Wildman–Crippen LogP) is 2.52. The molecule has 1 aromatic carbocycles.